The first-order valence-electron chi connectivity index (χ1n) is 7.71. The second-order valence-corrected chi connectivity index (χ2v) is 7.79. The Morgan fingerprint density at radius 3 is 2.48 bits per heavy atom. The predicted molar refractivity (Wildman–Crippen MR) is 86.8 cm³/mol. The van der Waals surface area contributed by atoms with Gasteiger partial charge in [-0.3, -0.25) is 0 Å². The van der Waals surface area contributed by atoms with E-state index in [1.54, 1.807) is 16.4 Å². The SMILES string of the molecule is CCCCC1C=C(C)CCN1S(=O)(=O)c1ccc(C)cc1. The van der Waals surface area contributed by atoms with Gasteiger partial charge in [0.25, 0.3) is 0 Å². The van der Waals surface area contributed by atoms with Gasteiger partial charge in [0.15, 0.2) is 0 Å². The number of nitrogens with zero attached hydrogens (tertiary/aromatic N) is 1. The third-order valence-electron chi connectivity index (χ3n) is 4.05. The zero-order chi connectivity index (χ0) is 15.5. The fourth-order valence-electron chi connectivity index (χ4n) is 2.73. The number of hydrogen-bond acceptors (Lipinski definition) is 2. The van der Waals surface area contributed by atoms with Gasteiger partial charge < -0.3 is 0 Å². The molecule has 0 spiro atoms. The van der Waals surface area contributed by atoms with Crippen LogP contribution in [0.3, 0.4) is 0 Å². The van der Waals surface area contributed by atoms with Gasteiger partial charge in [0, 0.05) is 12.6 Å². The van der Waals surface area contributed by atoms with Gasteiger partial charge in [0.1, 0.15) is 0 Å². The number of rotatable bonds is 5. The van der Waals surface area contributed by atoms with Gasteiger partial charge in [-0.05, 0) is 38.8 Å². The van der Waals surface area contributed by atoms with Crippen LogP contribution in [0.15, 0.2) is 40.8 Å². The average molecular weight is 307 g/mol. The summed E-state index contributed by atoms with van der Waals surface area (Å²) in [5.74, 6) is 0. The highest BCUT2D eigenvalue weighted by Crippen LogP contribution is 2.27. The molecule has 1 heterocycles. The summed E-state index contributed by atoms with van der Waals surface area (Å²) in [7, 11) is -3.39. The molecule has 0 fully saturated rings. The Morgan fingerprint density at radius 2 is 1.86 bits per heavy atom. The van der Waals surface area contributed by atoms with Crippen LogP contribution < -0.4 is 0 Å². The van der Waals surface area contributed by atoms with Crippen molar-refractivity contribution in [2.45, 2.75) is 57.4 Å². The lowest BCUT2D eigenvalue weighted by Gasteiger charge is -2.33. The molecular weight excluding hydrogens is 282 g/mol. The third-order valence-corrected chi connectivity index (χ3v) is 5.99. The molecule has 1 unspecified atom stereocenters. The molecule has 1 aliphatic rings. The smallest absolute Gasteiger partial charge is 0.207 e. The van der Waals surface area contributed by atoms with Crippen LogP contribution in [0.5, 0.6) is 0 Å². The Kier molecular flexibility index (Phi) is 5.22. The van der Waals surface area contributed by atoms with E-state index in [0.29, 0.717) is 11.4 Å². The topological polar surface area (TPSA) is 37.4 Å². The highest BCUT2D eigenvalue weighted by molar-refractivity contribution is 7.89. The van der Waals surface area contributed by atoms with Crippen LogP contribution in [-0.2, 0) is 10.0 Å². The summed E-state index contributed by atoms with van der Waals surface area (Å²) in [6, 6.07) is 7.15. The maximum absolute atomic E-state index is 12.9. The minimum atomic E-state index is -3.39. The van der Waals surface area contributed by atoms with Crippen LogP contribution in [0.1, 0.15) is 45.1 Å². The molecule has 2 rings (SSSR count). The minimum absolute atomic E-state index is 0.00463. The van der Waals surface area contributed by atoms with Gasteiger partial charge in [-0.2, -0.15) is 4.31 Å². The summed E-state index contributed by atoms with van der Waals surface area (Å²) in [6.07, 6.45) is 5.99. The molecule has 0 aromatic heterocycles. The molecule has 0 bridgehead atoms. The maximum Gasteiger partial charge on any atom is 0.243 e. The minimum Gasteiger partial charge on any atom is -0.207 e. The van der Waals surface area contributed by atoms with Crippen LogP contribution in [0.25, 0.3) is 0 Å². The largest absolute Gasteiger partial charge is 0.243 e. The highest BCUT2D eigenvalue weighted by Gasteiger charge is 2.31. The van der Waals surface area contributed by atoms with Gasteiger partial charge in [-0.15, -0.1) is 0 Å². The standard InChI is InChI=1S/C17H25NO2S/c1-4-5-6-16-13-15(3)11-12-18(16)21(19,20)17-9-7-14(2)8-10-17/h7-10,13,16H,4-6,11-12H2,1-3H3. The third kappa shape index (κ3) is 3.74. The molecule has 0 radical (unpaired) electrons. The predicted octanol–water partition coefficient (Wildman–Crippen LogP) is 3.89. The Hall–Kier alpha value is -1.13. The summed E-state index contributed by atoms with van der Waals surface area (Å²) in [6.45, 7) is 6.79. The van der Waals surface area contributed by atoms with Crippen molar-refractivity contribution in [3.05, 3.63) is 41.5 Å². The van der Waals surface area contributed by atoms with Crippen molar-refractivity contribution in [1.82, 2.24) is 4.31 Å². The first-order chi connectivity index (χ1) is 9.95. The summed E-state index contributed by atoms with van der Waals surface area (Å²) in [4.78, 5) is 0.405. The monoisotopic (exact) mass is 307 g/mol. The Bertz CT molecular complexity index is 602. The lowest BCUT2D eigenvalue weighted by molar-refractivity contribution is 0.329. The Balaban J connectivity index is 2.30. The molecule has 0 N–H and O–H groups in total. The zero-order valence-electron chi connectivity index (χ0n) is 13.2. The normalized spacial score (nSPS) is 20.3. The van der Waals surface area contributed by atoms with E-state index in [4.69, 9.17) is 0 Å². The average Bonchev–Trinajstić information content (AvgIpc) is 2.45. The van der Waals surface area contributed by atoms with Crippen LogP contribution in [0, 0.1) is 6.92 Å². The maximum atomic E-state index is 12.9. The van der Waals surface area contributed by atoms with E-state index in [1.165, 1.54) is 5.57 Å². The number of sulfonamides is 1. The van der Waals surface area contributed by atoms with Crippen molar-refractivity contribution in [3.63, 3.8) is 0 Å². The summed E-state index contributed by atoms with van der Waals surface area (Å²) >= 11 is 0. The fourth-order valence-corrected chi connectivity index (χ4v) is 4.34. The van der Waals surface area contributed by atoms with Crippen molar-refractivity contribution in [1.29, 1.82) is 0 Å². The van der Waals surface area contributed by atoms with Crippen molar-refractivity contribution in [2.24, 2.45) is 0 Å². The van der Waals surface area contributed by atoms with E-state index < -0.39 is 10.0 Å². The molecular formula is C17H25NO2S. The Labute approximate surface area is 128 Å². The molecule has 116 valence electrons. The molecule has 1 aliphatic heterocycles. The van der Waals surface area contributed by atoms with Crippen LogP contribution in [0.2, 0.25) is 0 Å². The molecule has 0 amide bonds. The first kappa shape index (κ1) is 16.2. The molecule has 0 saturated carbocycles. The Morgan fingerprint density at radius 1 is 1.19 bits per heavy atom. The lowest BCUT2D eigenvalue weighted by Crippen LogP contribution is -2.42. The summed E-state index contributed by atoms with van der Waals surface area (Å²) in [5.41, 5.74) is 2.37. The van der Waals surface area contributed by atoms with E-state index in [9.17, 15) is 8.42 Å². The van der Waals surface area contributed by atoms with Gasteiger partial charge in [0.05, 0.1) is 4.90 Å². The van der Waals surface area contributed by atoms with E-state index in [1.807, 2.05) is 19.1 Å². The fraction of sp³-hybridized carbons (Fsp3) is 0.529. The summed E-state index contributed by atoms with van der Waals surface area (Å²) < 4.78 is 27.4. The lowest BCUT2D eigenvalue weighted by atomic mass is 10.0. The second-order valence-electron chi connectivity index (χ2n) is 5.90. The highest BCUT2D eigenvalue weighted by atomic mass is 32.2. The molecule has 21 heavy (non-hydrogen) atoms. The van der Waals surface area contributed by atoms with E-state index >= 15 is 0 Å². The van der Waals surface area contributed by atoms with Crippen LogP contribution in [0.4, 0.5) is 0 Å². The van der Waals surface area contributed by atoms with Gasteiger partial charge in [-0.25, -0.2) is 8.42 Å². The number of hydrogen-bond donors (Lipinski definition) is 0. The molecule has 1 aromatic rings. The van der Waals surface area contributed by atoms with E-state index in [0.717, 1.165) is 31.2 Å². The van der Waals surface area contributed by atoms with Crippen LogP contribution in [-0.4, -0.2) is 25.3 Å². The van der Waals surface area contributed by atoms with E-state index in [2.05, 4.69) is 19.9 Å². The zero-order valence-corrected chi connectivity index (χ0v) is 14.0. The molecule has 0 aliphatic carbocycles. The van der Waals surface area contributed by atoms with Crippen molar-refractivity contribution in [2.75, 3.05) is 6.54 Å². The number of benzene rings is 1. The molecule has 3 nitrogen and oxygen atoms in total. The molecule has 0 saturated heterocycles. The van der Waals surface area contributed by atoms with Gasteiger partial charge in [0.2, 0.25) is 10.0 Å². The second kappa shape index (κ2) is 6.75. The van der Waals surface area contributed by atoms with Crippen molar-refractivity contribution < 1.29 is 8.42 Å². The van der Waals surface area contributed by atoms with Crippen molar-refractivity contribution in [3.8, 4) is 0 Å². The summed E-state index contributed by atoms with van der Waals surface area (Å²) in [5, 5.41) is 0. The number of unbranched alkanes of at least 4 members (excludes halogenated alkanes) is 1. The van der Waals surface area contributed by atoms with E-state index in [-0.39, 0.29) is 6.04 Å². The van der Waals surface area contributed by atoms with Gasteiger partial charge >= 0.3 is 0 Å². The molecule has 1 atom stereocenters. The number of aryl methyl sites for hydroxylation is 1. The van der Waals surface area contributed by atoms with Crippen molar-refractivity contribution >= 4 is 10.0 Å². The quantitative estimate of drug-likeness (QED) is 0.774. The van der Waals surface area contributed by atoms with Crippen LogP contribution >= 0.6 is 0 Å². The molecule has 4 heteroatoms. The molecule has 1 aromatic carbocycles. The first-order valence-corrected chi connectivity index (χ1v) is 9.15. The van der Waals surface area contributed by atoms with Gasteiger partial charge in [-0.1, -0.05) is 49.1 Å².